The van der Waals surface area contributed by atoms with Gasteiger partial charge in [0.2, 0.25) is 0 Å². The van der Waals surface area contributed by atoms with E-state index in [1.807, 2.05) is 18.2 Å². The van der Waals surface area contributed by atoms with Crippen molar-refractivity contribution in [1.29, 1.82) is 0 Å². The van der Waals surface area contributed by atoms with E-state index in [9.17, 15) is 18.5 Å². The third kappa shape index (κ3) is 3.46. The number of halogens is 1. The molecule has 2 aromatic carbocycles. The lowest BCUT2D eigenvalue weighted by molar-refractivity contribution is -0.139. The Kier molecular flexibility index (Phi) is 4.68. The predicted molar refractivity (Wildman–Crippen MR) is 97.8 cm³/mol. The lowest BCUT2D eigenvalue weighted by Crippen LogP contribution is -2.10. The van der Waals surface area contributed by atoms with Crippen LogP contribution in [0.25, 0.3) is 17.2 Å². The molecule has 1 aliphatic rings. The van der Waals surface area contributed by atoms with Gasteiger partial charge in [-0.15, -0.1) is 0 Å². The van der Waals surface area contributed by atoms with Crippen LogP contribution in [0.2, 0.25) is 0 Å². The molecule has 1 aliphatic carbocycles. The van der Waals surface area contributed by atoms with E-state index in [0.717, 1.165) is 21.6 Å². The highest BCUT2D eigenvalue weighted by Gasteiger charge is 2.26. The fourth-order valence-electron chi connectivity index (χ4n) is 2.88. The van der Waals surface area contributed by atoms with Crippen molar-refractivity contribution in [3.05, 3.63) is 71.0 Å². The fourth-order valence-corrected chi connectivity index (χ4v) is 3.40. The first-order chi connectivity index (χ1) is 11.9. The molecule has 2 atom stereocenters. The number of benzene rings is 2. The second-order valence-electron chi connectivity index (χ2n) is 5.97. The zero-order chi connectivity index (χ0) is 18.1. The van der Waals surface area contributed by atoms with Crippen LogP contribution in [0.15, 0.2) is 53.4 Å². The average molecular weight is 356 g/mol. The predicted octanol–water partition coefficient (Wildman–Crippen LogP) is 4.22. The highest BCUT2D eigenvalue weighted by molar-refractivity contribution is 7.84. The van der Waals surface area contributed by atoms with Gasteiger partial charge in [0.15, 0.2) is 0 Å². The second kappa shape index (κ2) is 6.76. The van der Waals surface area contributed by atoms with Crippen molar-refractivity contribution in [2.45, 2.75) is 11.8 Å². The van der Waals surface area contributed by atoms with Crippen LogP contribution in [0.4, 0.5) is 4.39 Å². The van der Waals surface area contributed by atoms with Crippen LogP contribution < -0.4 is 0 Å². The number of hydrogen-bond acceptors (Lipinski definition) is 2. The van der Waals surface area contributed by atoms with Gasteiger partial charge in [-0.1, -0.05) is 18.2 Å². The summed E-state index contributed by atoms with van der Waals surface area (Å²) in [5.41, 5.74) is 3.77. The van der Waals surface area contributed by atoms with Crippen LogP contribution in [-0.4, -0.2) is 21.5 Å². The smallest absolute Gasteiger partial charge is 0.310 e. The molecule has 0 aliphatic heterocycles. The van der Waals surface area contributed by atoms with Crippen LogP contribution in [0, 0.1) is 11.7 Å². The molecule has 3 nitrogen and oxygen atoms in total. The van der Waals surface area contributed by atoms with Crippen LogP contribution in [0.3, 0.4) is 0 Å². The molecule has 0 saturated carbocycles. The third-order valence-electron chi connectivity index (χ3n) is 4.29. The minimum Gasteiger partial charge on any atom is -0.481 e. The molecule has 2 unspecified atom stereocenters. The molecule has 0 radical (unpaired) electrons. The number of carboxylic acids is 1. The van der Waals surface area contributed by atoms with E-state index in [1.165, 1.54) is 12.1 Å². The molecule has 0 amide bonds. The molecule has 1 N–H and O–H groups in total. The molecular weight excluding hydrogens is 339 g/mol. The fraction of sp³-hybridized carbons (Fsp3) is 0.150. The summed E-state index contributed by atoms with van der Waals surface area (Å²) < 4.78 is 25.1. The lowest BCUT2D eigenvalue weighted by atomic mass is 9.95. The summed E-state index contributed by atoms with van der Waals surface area (Å²) >= 11 is 0. The number of carboxylic acid groups (broad SMARTS) is 1. The molecule has 0 spiro atoms. The molecule has 0 heterocycles. The Bertz CT molecular complexity index is 926. The molecule has 0 bridgehead atoms. The van der Waals surface area contributed by atoms with Crippen molar-refractivity contribution in [3.63, 3.8) is 0 Å². The lowest BCUT2D eigenvalue weighted by Gasteiger charge is -2.09. The molecule has 0 saturated heterocycles. The maximum absolute atomic E-state index is 13.7. The van der Waals surface area contributed by atoms with Gasteiger partial charge in [-0.05, 0) is 71.2 Å². The van der Waals surface area contributed by atoms with Crippen molar-refractivity contribution in [2.24, 2.45) is 5.92 Å². The Morgan fingerprint density at radius 2 is 1.84 bits per heavy atom. The van der Waals surface area contributed by atoms with E-state index >= 15 is 0 Å². The Hall–Kier alpha value is -2.53. The van der Waals surface area contributed by atoms with E-state index in [-0.39, 0.29) is 0 Å². The SMILES string of the molecule is CC(C(=O)O)C1=CC(=Cc2ccc(S(C)=O)cc2)c2ccc(F)cc21. The van der Waals surface area contributed by atoms with E-state index < -0.39 is 28.5 Å². The quantitative estimate of drug-likeness (QED) is 0.892. The Labute approximate surface area is 148 Å². The van der Waals surface area contributed by atoms with Crippen molar-refractivity contribution < 1.29 is 18.5 Å². The molecule has 0 fully saturated rings. The number of aliphatic carboxylic acids is 1. The molecular formula is C20H17FO3S. The van der Waals surface area contributed by atoms with E-state index in [2.05, 4.69) is 0 Å². The number of carbonyl (C=O) groups is 1. The van der Waals surface area contributed by atoms with Gasteiger partial charge in [0.25, 0.3) is 0 Å². The largest absolute Gasteiger partial charge is 0.481 e. The number of allylic oxidation sites excluding steroid dienone is 2. The van der Waals surface area contributed by atoms with Gasteiger partial charge in [-0.3, -0.25) is 9.00 Å². The molecule has 25 heavy (non-hydrogen) atoms. The van der Waals surface area contributed by atoms with E-state index in [0.29, 0.717) is 11.1 Å². The van der Waals surface area contributed by atoms with Gasteiger partial charge in [0.05, 0.1) is 5.92 Å². The zero-order valence-electron chi connectivity index (χ0n) is 13.8. The third-order valence-corrected chi connectivity index (χ3v) is 5.22. The van der Waals surface area contributed by atoms with Crippen molar-refractivity contribution in [3.8, 4) is 0 Å². The van der Waals surface area contributed by atoms with Gasteiger partial charge in [-0.25, -0.2) is 4.39 Å². The van der Waals surface area contributed by atoms with Crippen molar-refractivity contribution in [2.75, 3.05) is 6.26 Å². The first-order valence-corrected chi connectivity index (χ1v) is 9.32. The number of rotatable bonds is 4. The summed E-state index contributed by atoms with van der Waals surface area (Å²) in [6.07, 6.45) is 5.34. The van der Waals surface area contributed by atoms with Gasteiger partial charge in [0, 0.05) is 22.0 Å². The highest BCUT2D eigenvalue weighted by Crippen LogP contribution is 2.40. The number of hydrogen-bond donors (Lipinski definition) is 1. The minimum absolute atomic E-state index is 0.390. The second-order valence-corrected chi connectivity index (χ2v) is 7.35. The summed E-state index contributed by atoms with van der Waals surface area (Å²) in [6, 6.07) is 11.7. The monoisotopic (exact) mass is 356 g/mol. The molecule has 2 aromatic rings. The minimum atomic E-state index is -1.04. The Morgan fingerprint density at radius 1 is 1.16 bits per heavy atom. The van der Waals surface area contributed by atoms with E-state index in [4.69, 9.17) is 0 Å². The van der Waals surface area contributed by atoms with Crippen LogP contribution in [-0.2, 0) is 15.6 Å². The van der Waals surface area contributed by atoms with Crippen LogP contribution in [0.1, 0.15) is 23.6 Å². The van der Waals surface area contributed by atoms with Gasteiger partial charge >= 0.3 is 5.97 Å². The number of fused-ring (bicyclic) bond motifs is 1. The topological polar surface area (TPSA) is 54.4 Å². The van der Waals surface area contributed by atoms with Crippen molar-refractivity contribution >= 4 is 34.0 Å². The normalized spacial score (nSPS) is 17.1. The highest BCUT2D eigenvalue weighted by atomic mass is 32.2. The zero-order valence-corrected chi connectivity index (χ0v) is 14.6. The summed E-state index contributed by atoms with van der Waals surface area (Å²) in [4.78, 5) is 12.1. The summed E-state index contributed by atoms with van der Waals surface area (Å²) in [5.74, 6) is -2.06. The van der Waals surface area contributed by atoms with Gasteiger partial charge < -0.3 is 5.11 Å². The molecule has 3 rings (SSSR count). The van der Waals surface area contributed by atoms with E-state index in [1.54, 1.807) is 37.5 Å². The van der Waals surface area contributed by atoms with Crippen molar-refractivity contribution in [1.82, 2.24) is 0 Å². The standard InChI is InChI=1S/C20H17FO3S/c1-12(20(22)23)18-10-14(17-8-5-15(21)11-19(17)18)9-13-3-6-16(7-4-13)25(2)24/h3-12H,1-2H3,(H,22,23). The summed E-state index contributed by atoms with van der Waals surface area (Å²) in [7, 11) is -1.04. The maximum Gasteiger partial charge on any atom is 0.310 e. The van der Waals surface area contributed by atoms with Crippen LogP contribution in [0.5, 0.6) is 0 Å². The summed E-state index contributed by atoms with van der Waals surface area (Å²) in [6.45, 7) is 1.59. The average Bonchev–Trinajstić information content (AvgIpc) is 2.92. The maximum atomic E-state index is 13.7. The molecule has 0 aromatic heterocycles. The molecule has 128 valence electrons. The van der Waals surface area contributed by atoms with Gasteiger partial charge in [-0.2, -0.15) is 0 Å². The summed E-state index contributed by atoms with van der Waals surface area (Å²) in [5, 5.41) is 9.31. The van der Waals surface area contributed by atoms with Crippen LogP contribution >= 0.6 is 0 Å². The Balaban J connectivity index is 2.07. The Morgan fingerprint density at radius 3 is 2.44 bits per heavy atom. The first kappa shape index (κ1) is 17.3. The molecule has 5 heteroatoms. The van der Waals surface area contributed by atoms with Gasteiger partial charge in [0.1, 0.15) is 5.82 Å². The first-order valence-electron chi connectivity index (χ1n) is 7.76.